The maximum Gasteiger partial charge on any atom is 0.0221 e. The SMILES string of the molecule is CCC(C)C1CN(C2CCCCCC2)C(C)CN1. The third-order valence-corrected chi connectivity index (χ3v) is 5.27. The number of nitrogens with zero attached hydrogens (tertiary/aromatic N) is 1. The molecule has 3 unspecified atom stereocenters. The molecule has 1 N–H and O–H groups in total. The molecule has 2 rings (SSSR count). The molecule has 1 saturated heterocycles. The fourth-order valence-electron chi connectivity index (χ4n) is 3.67. The molecule has 1 saturated carbocycles. The summed E-state index contributed by atoms with van der Waals surface area (Å²) in [6.07, 6.45) is 10.0. The van der Waals surface area contributed by atoms with E-state index in [2.05, 4.69) is 31.0 Å². The van der Waals surface area contributed by atoms with Crippen molar-refractivity contribution >= 4 is 0 Å². The predicted octanol–water partition coefficient (Wildman–Crippen LogP) is 3.42. The summed E-state index contributed by atoms with van der Waals surface area (Å²) in [6, 6.07) is 2.32. The molecule has 1 aliphatic heterocycles. The van der Waals surface area contributed by atoms with E-state index in [4.69, 9.17) is 0 Å². The van der Waals surface area contributed by atoms with Crippen molar-refractivity contribution in [1.82, 2.24) is 10.2 Å². The summed E-state index contributed by atoms with van der Waals surface area (Å²) >= 11 is 0. The molecule has 106 valence electrons. The van der Waals surface area contributed by atoms with E-state index < -0.39 is 0 Å². The van der Waals surface area contributed by atoms with Gasteiger partial charge >= 0.3 is 0 Å². The largest absolute Gasteiger partial charge is 0.311 e. The van der Waals surface area contributed by atoms with Crippen LogP contribution in [0.2, 0.25) is 0 Å². The molecule has 2 fully saturated rings. The Hall–Kier alpha value is -0.0800. The second-order valence-electron chi connectivity index (χ2n) is 6.59. The lowest BCUT2D eigenvalue weighted by atomic mass is 9.93. The van der Waals surface area contributed by atoms with Gasteiger partial charge in [-0.3, -0.25) is 4.90 Å². The highest BCUT2D eigenvalue weighted by molar-refractivity contribution is 4.90. The quantitative estimate of drug-likeness (QED) is 0.774. The highest BCUT2D eigenvalue weighted by Crippen LogP contribution is 2.26. The van der Waals surface area contributed by atoms with Crippen LogP contribution in [0.1, 0.15) is 65.7 Å². The van der Waals surface area contributed by atoms with E-state index in [1.165, 1.54) is 58.0 Å². The van der Waals surface area contributed by atoms with Gasteiger partial charge < -0.3 is 5.32 Å². The Morgan fingerprint density at radius 2 is 1.83 bits per heavy atom. The standard InChI is InChI=1S/C16H32N2/c1-4-13(2)16-12-18(14(3)11-17-16)15-9-7-5-6-8-10-15/h13-17H,4-12H2,1-3H3. The van der Waals surface area contributed by atoms with Crippen LogP contribution in [0, 0.1) is 5.92 Å². The average Bonchev–Trinajstić information content (AvgIpc) is 2.67. The molecule has 1 heterocycles. The van der Waals surface area contributed by atoms with Crippen molar-refractivity contribution in [2.24, 2.45) is 5.92 Å². The molecule has 2 aliphatic rings. The molecule has 0 radical (unpaired) electrons. The monoisotopic (exact) mass is 252 g/mol. The van der Waals surface area contributed by atoms with Gasteiger partial charge in [0.1, 0.15) is 0 Å². The first-order chi connectivity index (χ1) is 8.72. The smallest absolute Gasteiger partial charge is 0.0221 e. The van der Waals surface area contributed by atoms with Gasteiger partial charge in [-0.2, -0.15) is 0 Å². The lowest BCUT2D eigenvalue weighted by Crippen LogP contribution is -2.60. The van der Waals surface area contributed by atoms with Crippen LogP contribution in [0.15, 0.2) is 0 Å². The van der Waals surface area contributed by atoms with Gasteiger partial charge in [0.25, 0.3) is 0 Å². The van der Waals surface area contributed by atoms with Crippen LogP contribution in [0.4, 0.5) is 0 Å². The van der Waals surface area contributed by atoms with Crippen LogP contribution >= 0.6 is 0 Å². The normalized spacial score (nSPS) is 34.2. The fraction of sp³-hybridized carbons (Fsp3) is 1.00. The van der Waals surface area contributed by atoms with Crippen LogP contribution in [-0.4, -0.2) is 36.1 Å². The predicted molar refractivity (Wildman–Crippen MR) is 78.9 cm³/mol. The molecule has 0 amide bonds. The van der Waals surface area contributed by atoms with Crippen molar-refractivity contribution in [3.05, 3.63) is 0 Å². The maximum absolute atomic E-state index is 3.76. The van der Waals surface area contributed by atoms with Gasteiger partial charge in [0, 0.05) is 31.2 Å². The molecule has 0 aromatic carbocycles. The van der Waals surface area contributed by atoms with Gasteiger partial charge in [-0.15, -0.1) is 0 Å². The first-order valence-corrected chi connectivity index (χ1v) is 8.21. The third-order valence-electron chi connectivity index (χ3n) is 5.27. The van der Waals surface area contributed by atoms with E-state index in [0.717, 1.165) is 24.0 Å². The lowest BCUT2D eigenvalue weighted by Gasteiger charge is -2.45. The summed E-state index contributed by atoms with van der Waals surface area (Å²) in [7, 11) is 0. The van der Waals surface area contributed by atoms with E-state index >= 15 is 0 Å². The Balaban J connectivity index is 1.95. The molecule has 2 heteroatoms. The summed E-state index contributed by atoms with van der Waals surface area (Å²) in [4.78, 5) is 2.83. The van der Waals surface area contributed by atoms with E-state index in [1.54, 1.807) is 0 Å². The van der Waals surface area contributed by atoms with Crippen LogP contribution in [0.5, 0.6) is 0 Å². The van der Waals surface area contributed by atoms with Crippen LogP contribution < -0.4 is 5.32 Å². The molecule has 0 bridgehead atoms. The lowest BCUT2D eigenvalue weighted by molar-refractivity contribution is 0.0676. The Kier molecular flexibility index (Phi) is 5.50. The molecule has 18 heavy (non-hydrogen) atoms. The van der Waals surface area contributed by atoms with E-state index in [0.29, 0.717) is 0 Å². The van der Waals surface area contributed by atoms with Gasteiger partial charge in [-0.25, -0.2) is 0 Å². The Bertz CT molecular complexity index is 233. The van der Waals surface area contributed by atoms with Crippen molar-refractivity contribution in [3.63, 3.8) is 0 Å². The Labute approximate surface area is 114 Å². The zero-order valence-electron chi connectivity index (χ0n) is 12.6. The van der Waals surface area contributed by atoms with Crippen LogP contribution in [-0.2, 0) is 0 Å². The Morgan fingerprint density at radius 1 is 1.17 bits per heavy atom. The molecule has 2 nitrogen and oxygen atoms in total. The molecule has 0 aromatic heterocycles. The number of nitrogens with one attached hydrogen (secondary N) is 1. The van der Waals surface area contributed by atoms with Crippen molar-refractivity contribution in [1.29, 1.82) is 0 Å². The van der Waals surface area contributed by atoms with Crippen LogP contribution in [0.25, 0.3) is 0 Å². The molecular weight excluding hydrogens is 220 g/mol. The highest BCUT2D eigenvalue weighted by atomic mass is 15.3. The van der Waals surface area contributed by atoms with Gasteiger partial charge in [-0.05, 0) is 25.7 Å². The van der Waals surface area contributed by atoms with Gasteiger partial charge in [0.05, 0.1) is 0 Å². The van der Waals surface area contributed by atoms with Crippen molar-refractivity contribution in [3.8, 4) is 0 Å². The average molecular weight is 252 g/mol. The summed E-state index contributed by atoms with van der Waals surface area (Å²) in [5.41, 5.74) is 0. The van der Waals surface area contributed by atoms with Crippen molar-refractivity contribution in [2.75, 3.05) is 13.1 Å². The zero-order valence-corrected chi connectivity index (χ0v) is 12.6. The molecule has 0 aromatic rings. The summed E-state index contributed by atoms with van der Waals surface area (Å²) < 4.78 is 0. The molecule has 1 aliphatic carbocycles. The van der Waals surface area contributed by atoms with Crippen LogP contribution in [0.3, 0.4) is 0 Å². The first kappa shape index (κ1) is 14.3. The number of piperazine rings is 1. The second-order valence-corrected chi connectivity index (χ2v) is 6.59. The van der Waals surface area contributed by atoms with E-state index in [1.807, 2.05) is 0 Å². The second kappa shape index (κ2) is 6.91. The third kappa shape index (κ3) is 3.48. The first-order valence-electron chi connectivity index (χ1n) is 8.21. The molecule has 3 atom stereocenters. The maximum atomic E-state index is 3.76. The van der Waals surface area contributed by atoms with E-state index in [9.17, 15) is 0 Å². The minimum Gasteiger partial charge on any atom is -0.311 e. The van der Waals surface area contributed by atoms with E-state index in [-0.39, 0.29) is 0 Å². The zero-order chi connectivity index (χ0) is 13.0. The number of hydrogen-bond donors (Lipinski definition) is 1. The minimum atomic E-state index is 0.717. The topological polar surface area (TPSA) is 15.3 Å². The number of hydrogen-bond acceptors (Lipinski definition) is 2. The van der Waals surface area contributed by atoms with Gasteiger partial charge in [-0.1, -0.05) is 46.0 Å². The van der Waals surface area contributed by atoms with Gasteiger partial charge in [0.15, 0.2) is 0 Å². The van der Waals surface area contributed by atoms with Gasteiger partial charge in [0.2, 0.25) is 0 Å². The van der Waals surface area contributed by atoms with Crippen molar-refractivity contribution < 1.29 is 0 Å². The molecular formula is C16H32N2. The summed E-state index contributed by atoms with van der Waals surface area (Å²) in [5.74, 6) is 0.811. The minimum absolute atomic E-state index is 0.717. The fourth-order valence-corrected chi connectivity index (χ4v) is 3.67. The highest BCUT2D eigenvalue weighted by Gasteiger charge is 2.32. The summed E-state index contributed by atoms with van der Waals surface area (Å²) in [5, 5.41) is 3.76. The Morgan fingerprint density at radius 3 is 2.44 bits per heavy atom. The van der Waals surface area contributed by atoms with Crippen molar-refractivity contribution in [2.45, 2.75) is 83.8 Å². The number of rotatable bonds is 3. The summed E-state index contributed by atoms with van der Waals surface area (Å²) in [6.45, 7) is 9.59. The molecule has 0 spiro atoms.